The molecule has 0 spiro atoms. The van der Waals surface area contributed by atoms with Crippen molar-refractivity contribution >= 4 is 41.5 Å². The summed E-state index contributed by atoms with van der Waals surface area (Å²) in [4.78, 5) is 11.3. The summed E-state index contributed by atoms with van der Waals surface area (Å²) < 4.78 is 0. The molecule has 0 saturated carbocycles. The van der Waals surface area contributed by atoms with E-state index in [-0.39, 0.29) is 35.5 Å². The van der Waals surface area contributed by atoms with E-state index in [1.807, 2.05) is 0 Å². The Balaban J connectivity index is 0. The Morgan fingerprint density at radius 2 is 1.19 bits per heavy atom. The number of carboxylic acids is 1. The molecule has 0 aliphatic heterocycles. The molecule has 0 aliphatic rings. The predicted molar refractivity (Wildman–Crippen MR) is 135 cm³/mol. The molecule has 0 aromatic heterocycles. The Morgan fingerprint density at radius 1 is 0.774 bits per heavy atom. The van der Waals surface area contributed by atoms with Gasteiger partial charge in [-0.1, -0.05) is 103 Å². The number of nitrogens with two attached hydrogens (primary N) is 1. The van der Waals surface area contributed by atoms with Crippen molar-refractivity contribution in [1.82, 2.24) is 10.6 Å². The van der Waals surface area contributed by atoms with Gasteiger partial charge in [0.1, 0.15) is 6.04 Å². The zero-order valence-corrected chi connectivity index (χ0v) is 19.7. The first kappa shape index (κ1) is 32.9. The predicted octanol–water partition coefficient (Wildman–Crippen LogP) is 4.91. The number of hydrogen-bond acceptors (Lipinski definition) is 3. The average molecular weight is 451 g/mol. The van der Waals surface area contributed by atoms with E-state index < -0.39 is 12.0 Å². The summed E-state index contributed by atoms with van der Waals surface area (Å²) in [6.45, 7) is 3.57. The van der Waals surface area contributed by atoms with Crippen molar-refractivity contribution in [3.63, 3.8) is 0 Å². The van der Waals surface area contributed by atoms with Crippen LogP contribution in [0.5, 0.6) is 0 Å². The summed E-state index contributed by atoms with van der Waals surface area (Å²) in [5.74, 6) is -0.864. The van der Waals surface area contributed by atoms with E-state index in [0.29, 0.717) is 19.4 Å². The van der Waals surface area contributed by atoms with E-state index in [1.165, 1.54) is 96.3 Å². The van der Waals surface area contributed by atoms with E-state index in [4.69, 9.17) is 11.1 Å². The molecule has 1 atom stereocenters. The molecule has 0 fully saturated rings. The first-order chi connectivity index (χ1) is 14.6. The van der Waals surface area contributed by atoms with Crippen LogP contribution < -0.4 is 16.4 Å². The molecule has 180 valence electrons. The third kappa shape index (κ3) is 25.8. The van der Waals surface area contributed by atoms with Gasteiger partial charge in [-0.3, -0.25) is 10.2 Å². The SMILES string of the molecule is CCCCCCCCCCCCCCCCCCNC(CCCNC(=N)N)C(=O)O.[NaH]. The molecule has 0 aliphatic carbocycles. The Hall–Kier alpha value is -0.300. The van der Waals surface area contributed by atoms with Gasteiger partial charge in [0.05, 0.1) is 0 Å². The van der Waals surface area contributed by atoms with Crippen LogP contribution in [0.3, 0.4) is 0 Å². The average Bonchev–Trinajstić information content (AvgIpc) is 2.71. The van der Waals surface area contributed by atoms with Crippen LogP contribution in [-0.2, 0) is 4.79 Å². The summed E-state index contributed by atoms with van der Waals surface area (Å²) in [5, 5.41) is 22.2. The van der Waals surface area contributed by atoms with Crippen molar-refractivity contribution < 1.29 is 9.90 Å². The fourth-order valence-electron chi connectivity index (χ4n) is 3.79. The molecule has 0 bridgehead atoms. The van der Waals surface area contributed by atoms with E-state index in [0.717, 1.165) is 13.0 Å². The summed E-state index contributed by atoms with van der Waals surface area (Å²) >= 11 is 0. The molecule has 6 N–H and O–H groups in total. The molecule has 0 saturated heterocycles. The number of carboxylic acid groups (broad SMARTS) is 1. The Labute approximate surface area is 214 Å². The number of unbranched alkanes of at least 4 members (excludes halogenated alkanes) is 15. The topological polar surface area (TPSA) is 111 Å². The summed E-state index contributed by atoms with van der Waals surface area (Å²) in [5.41, 5.74) is 5.22. The second-order valence-corrected chi connectivity index (χ2v) is 8.63. The van der Waals surface area contributed by atoms with Gasteiger partial charge in [0.15, 0.2) is 5.96 Å². The molecule has 1 unspecified atom stereocenters. The Morgan fingerprint density at radius 3 is 1.58 bits per heavy atom. The van der Waals surface area contributed by atoms with Gasteiger partial charge in [-0.25, -0.2) is 0 Å². The molecular weight excluding hydrogens is 399 g/mol. The van der Waals surface area contributed by atoms with Crippen LogP contribution in [0.2, 0.25) is 0 Å². The first-order valence-corrected chi connectivity index (χ1v) is 12.6. The molecule has 0 radical (unpaired) electrons. The monoisotopic (exact) mass is 450 g/mol. The van der Waals surface area contributed by atoms with Gasteiger partial charge in [-0.05, 0) is 25.8 Å². The van der Waals surface area contributed by atoms with E-state index in [1.54, 1.807) is 0 Å². The Kier molecular flexibility index (Phi) is 27.5. The molecule has 31 heavy (non-hydrogen) atoms. The Bertz CT molecular complexity index is 411. The van der Waals surface area contributed by atoms with Crippen LogP contribution in [0.4, 0.5) is 0 Å². The maximum atomic E-state index is 11.3. The van der Waals surface area contributed by atoms with Crippen molar-refractivity contribution in [2.24, 2.45) is 5.73 Å². The number of rotatable bonds is 23. The fourth-order valence-corrected chi connectivity index (χ4v) is 3.79. The normalized spacial score (nSPS) is 11.6. The minimum atomic E-state index is -0.797. The molecule has 7 heteroatoms. The maximum absolute atomic E-state index is 11.3. The van der Waals surface area contributed by atoms with Crippen molar-refractivity contribution in [1.29, 1.82) is 5.41 Å². The van der Waals surface area contributed by atoms with Gasteiger partial charge < -0.3 is 21.5 Å². The summed E-state index contributed by atoms with van der Waals surface area (Å²) in [6, 6.07) is -0.505. The number of nitrogens with one attached hydrogen (secondary N) is 3. The van der Waals surface area contributed by atoms with Crippen LogP contribution in [0, 0.1) is 5.41 Å². The molecule has 0 aromatic rings. The van der Waals surface area contributed by atoms with Gasteiger partial charge in [-0.2, -0.15) is 0 Å². The van der Waals surface area contributed by atoms with Crippen LogP contribution in [0.25, 0.3) is 0 Å². The zero-order valence-electron chi connectivity index (χ0n) is 19.7. The van der Waals surface area contributed by atoms with Crippen molar-refractivity contribution in [2.45, 2.75) is 129 Å². The van der Waals surface area contributed by atoms with E-state index in [2.05, 4.69) is 17.6 Å². The molecule has 0 amide bonds. The summed E-state index contributed by atoms with van der Waals surface area (Å²) in [7, 11) is 0. The number of hydrogen-bond donors (Lipinski definition) is 5. The van der Waals surface area contributed by atoms with Gasteiger partial charge >= 0.3 is 35.5 Å². The van der Waals surface area contributed by atoms with Gasteiger partial charge in [0, 0.05) is 6.54 Å². The van der Waals surface area contributed by atoms with Crippen molar-refractivity contribution in [3.05, 3.63) is 0 Å². The summed E-state index contributed by atoms with van der Waals surface area (Å²) in [6.07, 6.45) is 22.8. The zero-order chi connectivity index (χ0) is 22.3. The van der Waals surface area contributed by atoms with Crippen molar-refractivity contribution in [3.8, 4) is 0 Å². The second kappa shape index (κ2) is 26.0. The number of aliphatic carboxylic acids is 1. The molecule has 0 heterocycles. The molecule has 0 aromatic carbocycles. The van der Waals surface area contributed by atoms with E-state index >= 15 is 0 Å². The fraction of sp³-hybridized carbons (Fsp3) is 0.917. The van der Waals surface area contributed by atoms with Crippen LogP contribution >= 0.6 is 0 Å². The molecule has 6 nitrogen and oxygen atoms in total. The quantitative estimate of drug-likeness (QED) is 0.0657. The molecular formula is C24H51N4NaO2. The van der Waals surface area contributed by atoms with Crippen molar-refractivity contribution in [2.75, 3.05) is 13.1 Å². The van der Waals surface area contributed by atoms with Gasteiger partial charge in [-0.15, -0.1) is 0 Å². The van der Waals surface area contributed by atoms with Crippen LogP contribution in [-0.4, -0.2) is 65.7 Å². The molecule has 0 rings (SSSR count). The van der Waals surface area contributed by atoms with Crippen LogP contribution in [0.1, 0.15) is 122 Å². The number of guanidine groups is 1. The van der Waals surface area contributed by atoms with Gasteiger partial charge in [0.25, 0.3) is 0 Å². The second-order valence-electron chi connectivity index (χ2n) is 8.63. The standard InChI is InChI=1S/C24H50N4O2.Na.H/c1-2-3-4-5-6-7-8-9-10-11-12-13-14-15-16-17-20-27-22(23(29)30)19-18-21-28-24(25)26;;/h22,27H,2-21H2,1H3,(H,29,30)(H4,25,26,28);;. The minimum absolute atomic E-state index is 0. The van der Waals surface area contributed by atoms with E-state index in [9.17, 15) is 9.90 Å². The van der Waals surface area contributed by atoms with Crippen LogP contribution in [0.15, 0.2) is 0 Å². The third-order valence-electron chi connectivity index (χ3n) is 5.70. The number of carbonyl (C=O) groups is 1. The van der Waals surface area contributed by atoms with Gasteiger partial charge in [0.2, 0.25) is 0 Å². The third-order valence-corrected chi connectivity index (χ3v) is 5.70. The first-order valence-electron chi connectivity index (χ1n) is 12.6.